The summed E-state index contributed by atoms with van der Waals surface area (Å²) in [5.41, 5.74) is 2.72. The summed E-state index contributed by atoms with van der Waals surface area (Å²) in [7, 11) is 1.63. The van der Waals surface area contributed by atoms with Gasteiger partial charge in [0.15, 0.2) is 0 Å². The van der Waals surface area contributed by atoms with Crippen LogP contribution in [0, 0.1) is 0 Å². The highest BCUT2D eigenvalue weighted by atomic mass is 32.1. The first-order valence-corrected chi connectivity index (χ1v) is 7.66. The fourth-order valence-electron chi connectivity index (χ4n) is 2.21. The summed E-state index contributed by atoms with van der Waals surface area (Å²) in [6, 6.07) is 9.64. The van der Waals surface area contributed by atoms with E-state index in [-0.39, 0.29) is 5.91 Å². The maximum atomic E-state index is 12.1. The molecule has 0 spiro atoms. The van der Waals surface area contributed by atoms with Crippen LogP contribution in [0.25, 0.3) is 10.9 Å². The van der Waals surface area contributed by atoms with E-state index in [1.807, 2.05) is 29.6 Å². The summed E-state index contributed by atoms with van der Waals surface area (Å²) < 4.78 is 5.18. The van der Waals surface area contributed by atoms with Crippen LogP contribution in [-0.2, 0) is 6.42 Å². The standard InChI is InChI=1S/C16H16N2O2S/c1-20-13-3-2-12-8-15(18-14(12)9-13)16(19)17-6-4-11-5-7-21-10-11/h2-3,5,7-10,18H,4,6H2,1H3,(H,17,19). The van der Waals surface area contributed by atoms with E-state index in [4.69, 9.17) is 4.74 Å². The van der Waals surface area contributed by atoms with E-state index in [0.717, 1.165) is 23.1 Å². The van der Waals surface area contributed by atoms with Gasteiger partial charge in [-0.05, 0) is 47.0 Å². The van der Waals surface area contributed by atoms with E-state index >= 15 is 0 Å². The number of hydrogen-bond acceptors (Lipinski definition) is 3. The molecule has 0 aliphatic carbocycles. The van der Waals surface area contributed by atoms with Crippen molar-refractivity contribution in [3.63, 3.8) is 0 Å². The fraction of sp³-hybridized carbons (Fsp3) is 0.188. The van der Waals surface area contributed by atoms with Gasteiger partial charge in [-0.3, -0.25) is 4.79 Å². The lowest BCUT2D eigenvalue weighted by Gasteiger charge is -2.02. The van der Waals surface area contributed by atoms with Crippen molar-refractivity contribution >= 4 is 28.1 Å². The van der Waals surface area contributed by atoms with E-state index in [0.29, 0.717) is 12.2 Å². The zero-order chi connectivity index (χ0) is 14.7. The van der Waals surface area contributed by atoms with Gasteiger partial charge in [0.05, 0.1) is 7.11 Å². The number of carbonyl (C=O) groups excluding carboxylic acids is 1. The lowest BCUT2D eigenvalue weighted by atomic mass is 10.2. The van der Waals surface area contributed by atoms with Gasteiger partial charge in [0.25, 0.3) is 5.91 Å². The number of H-pyrrole nitrogens is 1. The Morgan fingerprint density at radius 1 is 1.33 bits per heavy atom. The third kappa shape index (κ3) is 3.08. The summed E-state index contributed by atoms with van der Waals surface area (Å²) in [4.78, 5) is 15.3. The minimum atomic E-state index is -0.0830. The van der Waals surface area contributed by atoms with E-state index in [9.17, 15) is 4.79 Å². The summed E-state index contributed by atoms with van der Waals surface area (Å²) >= 11 is 1.67. The smallest absolute Gasteiger partial charge is 0.267 e. The molecule has 5 heteroatoms. The van der Waals surface area contributed by atoms with E-state index in [1.165, 1.54) is 5.56 Å². The maximum Gasteiger partial charge on any atom is 0.267 e. The highest BCUT2D eigenvalue weighted by molar-refractivity contribution is 7.07. The number of thiophene rings is 1. The van der Waals surface area contributed by atoms with E-state index in [1.54, 1.807) is 18.4 Å². The van der Waals surface area contributed by atoms with Crippen LogP contribution in [0.1, 0.15) is 16.1 Å². The summed E-state index contributed by atoms with van der Waals surface area (Å²) in [5.74, 6) is 0.689. The molecule has 0 bridgehead atoms. The minimum absolute atomic E-state index is 0.0830. The van der Waals surface area contributed by atoms with Gasteiger partial charge in [0.1, 0.15) is 11.4 Å². The molecule has 3 rings (SSSR count). The number of rotatable bonds is 5. The normalized spacial score (nSPS) is 10.7. The number of aromatic amines is 1. The van der Waals surface area contributed by atoms with Crippen LogP contribution in [-0.4, -0.2) is 24.5 Å². The Morgan fingerprint density at radius 2 is 2.24 bits per heavy atom. The second-order valence-electron chi connectivity index (χ2n) is 4.77. The molecule has 2 N–H and O–H groups in total. The Balaban J connectivity index is 1.66. The second kappa shape index (κ2) is 6.01. The molecule has 0 atom stereocenters. The highest BCUT2D eigenvalue weighted by Crippen LogP contribution is 2.21. The molecule has 1 aromatic carbocycles. The van der Waals surface area contributed by atoms with Gasteiger partial charge in [0.2, 0.25) is 0 Å². The first-order valence-electron chi connectivity index (χ1n) is 6.72. The molecule has 4 nitrogen and oxygen atoms in total. The molecule has 0 fully saturated rings. The van der Waals surface area contributed by atoms with Crippen LogP contribution >= 0.6 is 11.3 Å². The monoisotopic (exact) mass is 300 g/mol. The van der Waals surface area contributed by atoms with Crippen molar-refractivity contribution in [1.82, 2.24) is 10.3 Å². The first-order chi connectivity index (χ1) is 10.3. The Hall–Kier alpha value is -2.27. The Kier molecular flexibility index (Phi) is 3.92. The van der Waals surface area contributed by atoms with Gasteiger partial charge >= 0.3 is 0 Å². The van der Waals surface area contributed by atoms with Crippen LogP contribution in [0.4, 0.5) is 0 Å². The van der Waals surface area contributed by atoms with Crippen molar-refractivity contribution < 1.29 is 9.53 Å². The van der Waals surface area contributed by atoms with Crippen LogP contribution in [0.15, 0.2) is 41.1 Å². The highest BCUT2D eigenvalue weighted by Gasteiger charge is 2.09. The zero-order valence-corrected chi connectivity index (χ0v) is 12.5. The summed E-state index contributed by atoms with van der Waals surface area (Å²) in [6.07, 6.45) is 0.850. The van der Waals surface area contributed by atoms with Gasteiger partial charge in [-0.25, -0.2) is 0 Å². The first kappa shape index (κ1) is 13.7. The molecule has 21 heavy (non-hydrogen) atoms. The van der Waals surface area contributed by atoms with Crippen LogP contribution in [0.5, 0.6) is 5.75 Å². The van der Waals surface area contributed by atoms with Crippen molar-refractivity contribution in [1.29, 1.82) is 0 Å². The van der Waals surface area contributed by atoms with Crippen molar-refractivity contribution in [2.45, 2.75) is 6.42 Å². The second-order valence-corrected chi connectivity index (χ2v) is 5.55. The number of fused-ring (bicyclic) bond motifs is 1. The maximum absolute atomic E-state index is 12.1. The average Bonchev–Trinajstić information content (AvgIpc) is 3.15. The minimum Gasteiger partial charge on any atom is -0.497 e. The molecule has 108 valence electrons. The molecule has 2 heterocycles. The van der Waals surface area contributed by atoms with Gasteiger partial charge in [-0.2, -0.15) is 11.3 Å². The van der Waals surface area contributed by atoms with Gasteiger partial charge in [0, 0.05) is 23.5 Å². The molecule has 1 amide bonds. The largest absolute Gasteiger partial charge is 0.497 e. The number of hydrogen-bond donors (Lipinski definition) is 2. The number of methoxy groups -OCH3 is 1. The molecule has 0 saturated heterocycles. The predicted molar refractivity (Wildman–Crippen MR) is 85.2 cm³/mol. The lowest BCUT2D eigenvalue weighted by Crippen LogP contribution is -2.25. The van der Waals surface area contributed by atoms with Crippen LogP contribution < -0.4 is 10.1 Å². The molecule has 0 saturated carbocycles. The Morgan fingerprint density at radius 3 is 3.00 bits per heavy atom. The fourth-order valence-corrected chi connectivity index (χ4v) is 2.91. The Labute approximate surface area is 126 Å². The molecule has 2 aromatic heterocycles. The quantitative estimate of drug-likeness (QED) is 0.760. The molecule has 0 aliphatic rings. The molecule has 0 radical (unpaired) electrons. The SMILES string of the molecule is COc1ccc2cc(C(=O)NCCc3ccsc3)[nH]c2c1. The number of aromatic nitrogens is 1. The van der Waals surface area contributed by atoms with E-state index in [2.05, 4.69) is 21.7 Å². The topological polar surface area (TPSA) is 54.1 Å². The molecule has 3 aromatic rings. The number of benzene rings is 1. The van der Waals surface area contributed by atoms with Gasteiger partial charge in [-0.1, -0.05) is 0 Å². The van der Waals surface area contributed by atoms with Gasteiger partial charge in [-0.15, -0.1) is 0 Å². The molecular weight excluding hydrogens is 284 g/mol. The number of nitrogens with one attached hydrogen (secondary N) is 2. The van der Waals surface area contributed by atoms with Crippen molar-refractivity contribution in [2.24, 2.45) is 0 Å². The predicted octanol–water partition coefficient (Wildman–Crippen LogP) is 3.21. The summed E-state index contributed by atoms with van der Waals surface area (Å²) in [6.45, 7) is 0.633. The molecule has 0 unspecified atom stereocenters. The van der Waals surface area contributed by atoms with Crippen molar-refractivity contribution in [3.8, 4) is 5.75 Å². The molecule has 0 aliphatic heterocycles. The van der Waals surface area contributed by atoms with Crippen molar-refractivity contribution in [2.75, 3.05) is 13.7 Å². The number of ether oxygens (including phenoxy) is 1. The zero-order valence-electron chi connectivity index (χ0n) is 11.7. The molecular formula is C16H16N2O2S. The van der Waals surface area contributed by atoms with Crippen molar-refractivity contribution in [3.05, 3.63) is 52.3 Å². The number of carbonyl (C=O) groups is 1. The van der Waals surface area contributed by atoms with Crippen LogP contribution in [0.3, 0.4) is 0 Å². The Bertz CT molecular complexity index is 747. The number of amides is 1. The van der Waals surface area contributed by atoms with Gasteiger partial charge < -0.3 is 15.0 Å². The average molecular weight is 300 g/mol. The van der Waals surface area contributed by atoms with E-state index < -0.39 is 0 Å². The lowest BCUT2D eigenvalue weighted by molar-refractivity contribution is 0.0950. The summed E-state index contributed by atoms with van der Waals surface area (Å²) in [5, 5.41) is 8.07. The third-order valence-electron chi connectivity index (χ3n) is 3.35. The third-order valence-corrected chi connectivity index (χ3v) is 4.09. The van der Waals surface area contributed by atoms with Crippen LogP contribution in [0.2, 0.25) is 0 Å².